The normalized spacial score (nSPS) is 24.1. The number of nitrogens with one attached hydrogen (secondary N) is 2. The molecular weight excluding hydrogens is 360 g/mol. The smallest absolute Gasteiger partial charge is 0.319 e. The maximum Gasteiger partial charge on any atom is 0.319 e. The van der Waals surface area contributed by atoms with E-state index in [0.717, 1.165) is 28.7 Å². The number of anilines is 1. The number of benzene rings is 1. The van der Waals surface area contributed by atoms with E-state index in [1.165, 1.54) is 37.5 Å². The van der Waals surface area contributed by atoms with Crippen molar-refractivity contribution in [2.45, 2.75) is 32.6 Å². The molecule has 3 aliphatic rings. The number of fused-ring (bicyclic) bond motifs is 4. The summed E-state index contributed by atoms with van der Waals surface area (Å²) < 4.78 is 5.37. The Morgan fingerprint density at radius 3 is 2.81 bits per heavy atom. The van der Waals surface area contributed by atoms with Crippen molar-refractivity contribution in [3.63, 3.8) is 0 Å². The maximum absolute atomic E-state index is 12.9. The Labute approximate surface area is 163 Å². The summed E-state index contributed by atoms with van der Waals surface area (Å²) in [6, 6.07) is 5.42. The van der Waals surface area contributed by atoms with Crippen LogP contribution in [0.4, 0.5) is 10.5 Å². The lowest BCUT2D eigenvalue weighted by molar-refractivity contribution is 0.0440. The van der Waals surface area contributed by atoms with Crippen molar-refractivity contribution in [2.75, 3.05) is 31.5 Å². The van der Waals surface area contributed by atoms with Crippen LogP contribution in [-0.2, 0) is 0 Å². The molecule has 5 rings (SSSR count). The topological polar surface area (TPSA) is 74.3 Å². The molecule has 2 amide bonds. The first-order valence-corrected chi connectivity index (χ1v) is 10.6. The summed E-state index contributed by atoms with van der Waals surface area (Å²) in [6.07, 6.45) is 3.95. The molecule has 2 bridgehead atoms. The van der Waals surface area contributed by atoms with Crippen molar-refractivity contribution >= 4 is 39.1 Å². The van der Waals surface area contributed by atoms with Gasteiger partial charge in [0.05, 0.1) is 4.70 Å². The third-order valence-corrected chi connectivity index (χ3v) is 6.58. The zero-order valence-corrected chi connectivity index (χ0v) is 16.5. The zero-order valence-electron chi connectivity index (χ0n) is 15.7. The van der Waals surface area contributed by atoms with Gasteiger partial charge in [-0.15, -0.1) is 0 Å². The van der Waals surface area contributed by atoms with Crippen LogP contribution in [0.25, 0.3) is 10.1 Å². The molecule has 1 aromatic carbocycles. The molecule has 0 saturated carbocycles. The first kappa shape index (κ1) is 18.4. The van der Waals surface area contributed by atoms with Gasteiger partial charge in [0.15, 0.2) is 5.78 Å². The number of amides is 2. The molecule has 1 atom stereocenters. The van der Waals surface area contributed by atoms with E-state index < -0.39 is 0 Å². The van der Waals surface area contributed by atoms with Gasteiger partial charge in [-0.25, -0.2) is 4.79 Å². The van der Waals surface area contributed by atoms with Gasteiger partial charge >= 0.3 is 6.03 Å². The molecule has 3 fully saturated rings. The lowest BCUT2D eigenvalue weighted by Crippen LogP contribution is -2.47. The van der Waals surface area contributed by atoms with E-state index in [9.17, 15) is 9.59 Å². The van der Waals surface area contributed by atoms with Crippen molar-refractivity contribution < 1.29 is 9.59 Å². The molecule has 144 valence electrons. The molecule has 0 unspecified atom stereocenters. The fourth-order valence-electron chi connectivity index (χ4n) is 4.28. The molecule has 3 saturated heterocycles. The van der Waals surface area contributed by atoms with Gasteiger partial charge in [0.2, 0.25) is 0 Å². The van der Waals surface area contributed by atoms with Gasteiger partial charge in [-0.3, -0.25) is 4.79 Å². The summed E-state index contributed by atoms with van der Waals surface area (Å²) in [5.74, 6) is 1.32. The van der Waals surface area contributed by atoms with Gasteiger partial charge in [0, 0.05) is 30.6 Å². The van der Waals surface area contributed by atoms with Crippen molar-refractivity contribution in [1.82, 2.24) is 14.6 Å². The number of hydrogen-bond donors (Lipinski definition) is 2. The van der Waals surface area contributed by atoms with Crippen LogP contribution in [0.15, 0.2) is 18.2 Å². The lowest BCUT2D eigenvalue weighted by atomic mass is 9.76. The predicted octanol–water partition coefficient (Wildman–Crippen LogP) is 3.74. The van der Waals surface area contributed by atoms with Gasteiger partial charge in [-0.05, 0) is 73.9 Å². The minimum absolute atomic E-state index is 0.154. The van der Waals surface area contributed by atoms with E-state index in [1.54, 1.807) is 0 Å². The third-order valence-electron chi connectivity index (χ3n) is 5.77. The molecule has 0 spiro atoms. The second-order valence-electron chi connectivity index (χ2n) is 7.65. The van der Waals surface area contributed by atoms with Crippen molar-refractivity contribution in [1.29, 1.82) is 0 Å². The molecule has 0 radical (unpaired) electrons. The molecule has 27 heavy (non-hydrogen) atoms. The van der Waals surface area contributed by atoms with Crippen LogP contribution in [0.1, 0.15) is 43.1 Å². The highest BCUT2D eigenvalue weighted by molar-refractivity contribution is 7.13. The first-order valence-electron chi connectivity index (χ1n) is 9.84. The molecule has 2 N–H and O–H groups in total. The summed E-state index contributed by atoms with van der Waals surface area (Å²) in [4.78, 5) is 27.2. The van der Waals surface area contributed by atoms with Gasteiger partial charge in [0.25, 0.3) is 0 Å². The fraction of sp³-hybridized carbons (Fsp3) is 0.550. The average molecular weight is 387 g/mol. The van der Waals surface area contributed by atoms with Crippen LogP contribution in [0, 0.1) is 11.8 Å². The van der Waals surface area contributed by atoms with Gasteiger partial charge in [-0.2, -0.15) is 4.37 Å². The van der Waals surface area contributed by atoms with Crippen LogP contribution < -0.4 is 10.6 Å². The zero-order chi connectivity index (χ0) is 18.8. The predicted molar refractivity (Wildman–Crippen MR) is 109 cm³/mol. The Morgan fingerprint density at radius 2 is 2.11 bits per heavy atom. The molecule has 2 aromatic rings. The van der Waals surface area contributed by atoms with Crippen LogP contribution >= 0.6 is 11.5 Å². The van der Waals surface area contributed by atoms with Crippen LogP contribution in [0.5, 0.6) is 0 Å². The Kier molecular flexibility index (Phi) is 5.41. The van der Waals surface area contributed by atoms with Crippen molar-refractivity contribution in [3.05, 3.63) is 23.9 Å². The Hall–Kier alpha value is -1.99. The van der Waals surface area contributed by atoms with E-state index >= 15 is 0 Å². The van der Waals surface area contributed by atoms with Gasteiger partial charge in [0.1, 0.15) is 5.69 Å². The number of piperidine rings is 3. The maximum atomic E-state index is 12.9. The number of hydrogen-bond acceptors (Lipinski definition) is 5. The fourth-order valence-corrected chi connectivity index (χ4v) is 5.12. The van der Waals surface area contributed by atoms with E-state index in [0.29, 0.717) is 30.5 Å². The van der Waals surface area contributed by atoms with Gasteiger partial charge < -0.3 is 15.5 Å². The van der Waals surface area contributed by atoms with E-state index in [4.69, 9.17) is 0 Å². The van der Waals surface area contributed by atoms with Crippen LogP contribution in [0.2, 0.25) is 0 Å². The van der Waals surface area contributed by atoms with E-state index in [-0.39, 0.29) is 11.8 Å². The monoisotopic (exact) mass is 386 g/mol. The highest BCUT2D eigenvalue weighted by Crippen LogP contribution is 2.36. The summed E-state index contributed by atoms with van der Waals surface area (Å²) in [6.45, 7) is 6.09. The summed E-state index contributed by atoms with van der Waals surface area (Å²) in [7, 11) is 0. The highest BCUT2D eigenvalue weighted by Gasteiger charge is 2.35. The Bertz CT molecular complexity index is 842. The number of carbonyl (C=O) groups excluding carboxylic acids is 2. The second kappa shape index (κ2) is 7.94. The molecule has 3 aliphatic heterocycles. The first-order chi connectivity index (χ1) is 13.1. The summed E-state index contributed by atoms with van der Waals surface area (Å²) in [5.41, 5.74) is 1.31. The number of urea groups is 1. The highest BCUT2D eigenvalue weighted by atomic mass is 32.1. The summed E-state index contributed by atoms with van der Waals surface area (Å²) >= 11 is 1.33. The average Bonchev–Trinajstić information content (AvgIpc) is 3.10. The quantitative estimate of drug-likeness (QED) is 0.742. The number of rotatable bonds is 6. The van der Waals surface area contributed by atoms with E-state index in [1.807, 2.05) is 25.1 Å². The Balaban J connectivity index is 1.45. The molecule has 0 aliphatic carbocycles. The number of ketones is 1. The minimum Gasteiger partial charge on any atom is -0.338 e. The second-order valence-corrected chi connectivity index (χ2v) is 8.45. The number of aromatic nitrogens is 1. The standard InChI is InChI=1S/C20H26N4O2S/c1-2-7-21-20(26)22-15-3-4-16-18(11-15)27-23-19(16)17(25)10-14-12-24-8-5-13(14)6-9-24/h3-4,11,13-14H,2,5-10,12H2,1H3,(H2,21,22,26)/t14-/m1/s1. The third kappa shape index (κ3) is 3.99. The van der Waals surface area contributed by atoms with Crippen molar-refractivity contribution in [2.24, 2.45) is 11.8 Å². The number of Topliss-reactive ketones (excluding diaryl/α,β-unsaturated/α-hetero) is 1. The molecule has 7 heteroatoms. The van der Waals surface area contributed by atoms with Crippen LogP contribution in [0.3, 0.4) is 0 Å². The van der Waals surface area contributed by atoms with E-state index in [2.05, 4.69) is 19.9 Å². The Morgan fingerprint density at radius 1 is 1.30 bits per heavy atom. The number of carbonyl (C=O) groups is 2. The minimum atomic E-state index is -0.209. The SMILES string of the molecule is CCCNC(=O)Nc1ccc2c(C(=O)C[C@@H]3CN4CCC3CC4)nsc2c1. The summed E-state index contributed by atoms with van der Waals surface area (Å²) in [5, 5.41) is 6.51. The van der Waals surface area contributed by atoms with Crippen molar-refractivity contribution in [3.8, 4) is 0 Å². The molecule has 4 heterocycles. The number of nitrogens with zero attached hydrogens (tertiary/aromatic N) is 2. The molecular formula is C20H26N4O2S. The van der Waals surface area contributed by atoms with Gasteiger partial charge in [-0.1, -0.05) is 6.92 Å². The lowest BCUT2D eigenvalue weighted by Gasteiger charge is -2.44. The largest absolute Gasteiger partial charge is 0.338 e. The van der Waals surface area contributed by atoms with Crippen LogP contribution in [-0.4, -0.2) is 47.3 Å². The molecule has 1 aromatic heterocycles. The molecule has 6 nitrogen and oxygen atoms in total.